The van der Waals surface area contributed by atoms with Gasteiger partial charge in [0, 0.05) is 39.0 Å². The normalized spacial score (nSPS) is 12.6. The molecule has 25 heavy (non-hydrogen) atoms. The molecule has 0 aliphatic carbocycles. The summed E-state index contributed by atoms with van der Waals surface area (Å²) >= 11 is 0. The number of hydrogen-bond donors (Lipinski definition) is 2. The van der Waals surface area contributed by atoms with Crippen LogP contribution >= 0.6 is 0 Å². The van der Waals surface area contributed by atoms with Crippen molar-refractivity contribution in [1.29, 1.82) is 0 Å². The molecular weight excluding hydrogens is 323 g/mol. The van der Waals surface area contributed by atoms with Gasteiger partial charge >= 0.3 is 0 Å². The number of nitrogens with zero attached hydrogens (tertiary/aromatic N) is 2. The SMILES string of the molecule is CN=C(NCc1ccnc(Oc2ccc(F)cc2)c1)NC(C)COC. The molecule has 134 valence electrons. The summed E-state index contributed by atoms with van der Waals surface area (Å²) in [6.45, 7) is 3.16. The first-order chi connectivity index (χ1) is 12.1. The Bertz CT molecular complexity index is 692. The highest BCUT2D eigenvalue weighted by molar-refractivity contribution is 5.79. The molecule has 2 rings (SSSR count). The smallest absolute Gasteiger partial charge is 0.219 e. The molecule has 0 saturated carbocycles. The summed E-state index contributed by atoms with van der Waals surface area (Å²) in [4.78, 5) is 8.35. The number of halogens is 1. The molecule has 0 saturated heterocycles. The fraction of sp³-hybridized carbons (Fsp3) is 0.333. The zero-order chi connectivity index (χ0) is 18.1. The van der Waals surface area contributed by atoms with Gasteiger partial charge < -0.3 is 20.1 Å². The summed E-state index contributed by atoms with van der Waals surface area (Å²) in [6.07, 6.45) is 1.67. The summed E-state index contributed by atoms with van der Waals surface area (Å²) in [5, 5.41) is 6.45. The number of hydrogen-bond acceptors (Lipinski definition) is 4. The van der Waals surface area contributed by atoms with Gasteiger partial charge in [0.1, 0.15) is 11.6 Å². The maximum atomic E-state index is 12.9. The maximum absolute atomic E-state index is 12.9. The van der Waals surface area contributed by atoms with E-state index >= 15 is 0 Å². The molecule has 6 nitrogen and oxygen atoms in total. The molecule has 0 spiro atoms. The van der Waals surface area contributed by atoms with Crippen LogP contribution in [0.3, 0.4) is 0 Å². The number of benzene rings is 1. The average molecular weight is 346 g/mol. The lowest BCUT2D eigenvalue weighted by Gasteiger charge is -2.17. The minimum atomic E-state index is -0.306. The third-order valence-corrected chi connectivity index (χ3v) is 3.32. The molecule has 1 atom stereocenters. The van der Waals surface area contributed by atoms with Crippen molar-refractivity contribution in [1.82, 2.24) is 15.6 Å². The Morgan fingerprint density at radius 3 is 2.72 bits per heavy atom. The number of nitrogens with one attached hydrogen (secondary N) is 2. The summed E-state index contributed by atoms with van der Waals surface area (Å²) in [5.74, 6) is 1.36. The molecule has 1 unspecified atom stereocenters. The van der Waals surface area contributed by atoms with E-state index in [1.807, 2.05) is 19.1 Å². The predicted molar refractivity (Wildman–Crippen MR) is 95.4 cm³/mol. The van der Waals surface area contributed by atoms with Crippen LogP contribution in [0.2, 0.25) is 0 Å². The zero-order valence-corrected chi connectivity index (χ0v) is 14.6. The maximum Gasteiger partial charge on any atom is 0.219 e. The van der Waals surface area contributed by atoms with Gasteiger partial charge in [-0.2, -0.15) is 0 Å². The standard InChI is InChI=1S/C18H23FN4O2/c1-13(12-24-3)23-18(20-2)22-11-14-8-9-21-17(10-14)25-16-6-4-15(19)5-7-16/h4-10,13H,11-12H2,1-3H3,(H2,20,22,23). The second kappa shape index (κ2) is 9.58. The number of guanidine groups is 1. The van der Waals surface area contributed by atoms with Crippen LogP contribution in [-0.2, 0) is 11.3 Å². The lowest BCUT2D eigenvalue weighted by Crippen LogP contribution is -2.43. The molecule has 7 heteroatoms. The summed E-state index contributed by atoms with van der Waals surface area (Å²) in [7, 11) is 3.37. The molecule has 2 aromatic rings. The van der Waals surface area contributed by atoms with E-state index in [1.54, 1.807) is 32.5 Å². The second-order valence-electron chi connectivity index (χ2n) is 5.48. The van der Waals surface area contributed by atoms with Crippen molar-refractivity contribution < 1.29 is 13.9 Å². The third-order valence-electron chi connectivity index (χ3n) is 3.32. The van der Waals surface area contributed by atoms with E-state index in [4.69, 9.17) is 9.47 Å². The van der Waals surface area contributed by atoms with Crippen LogP contribution in [0.25, 0.3) is 0 Å². The van der Waals surface area contributed by atoms with Crippen molar-refractivity contribution in [2.45, 2.75) is 19.5 Å². The minimum absolute atomic E-state index is 0.144. The molecule has 1 heterocycles. The molecule has 2 N–H and O–H groups in total. The first-order valence-electron chi connectivity index (χ1n) is 7.95. The number of pyridine rings is 1. The van der Waals surface area contributed by atoms with Crippen LogP contribution in [0.4, 0.5) is 4.39 Å². The molecule has 0 bridgehead atoms. The van der Waals surface area contributed by atoms with Crippen molar-refractivity contribution in [3.63, 3.8) is 0 Å². The molecule has 0 aliphatic heterocycles. The number of ether oxygens (including phenoxy) is 2. The molecule has 0 aliphatic rings. The first kappa shape index (κ1) is 18.7. The van der Waals surface area contributed by atoms with Crippen LogP contribution in [-0.4, -0.2) is 37.7 Å². The monoisotopic (exact) mass is 346 g/mol. The Hall–Kier alpha value is -2.67. The predicted octanol–water partition coefficient (Wildman–Crippen LogP) is 2.71. The van der Waals surface area contributed by atoms with Gasteiger partial charge in [-0.1, -0.05) is 0 Å². The van der Waals surface area contributed by atoms with Gasteiger partial charge in [-0.05, 0) is 42.8 Å². The van der Waals surface area contributed by atoms with Crippen LogP contribution in [0.1, 0.15) is 12.5 Å². The van der Waals surface area contributed by atoms with E-state index < -0.39 is 0 Å². The van der Waals surface area contributed by atoms with Crippen molar-refractivity contribution in [2.75, 3.05) is 20.8 Å². The Kier molecular flexibility index (Phi) is 7.16. The molecule has 0 radical (unpaired) electrons. The third kappa shape index (κ3) is 6.39. The van der Waals surface area contributed by atoms with Crippen molar-refractivity contribution in [3.8, 4) is 11.6 Å². The highest BCUT2D eigenvalue weighted by atomic mass is 19.1. The minimum Gasteiger partial charge on any atom is -0.439 e. The fourth-order valence-corrected chi connectivity index (χ4v) is 2.15. The van der Waals surface area contributed by atoms with Gasteiger partial charge in [0.2, 0.25) is 5.88 Å². The second-order valence-corrected chi connectivity index (χ2v) is 5.48. The first-order valence-corrected chi connectivity index (χ1v) is 7.95. The van der Waals surface area contributed by atoms with Crippen LogP contribution in [0.15, 0.2) is 47.6 Å². The van der Waals surface area contributed by atoms with E-state index in [2.05, 4.69) is 20.6 Å². The van der Waals surface area contributed by atoms with Gasteiger partial charge in [-0.25, -0.2) is 9.37 Å². The van der Waals surface area contributed by atoms with E-state index in [0.29, 0.717) is 30.7 Å². The van der Waals surface area contributed by atoms with Crippen LogP contribution in [0.5, 0.6) is 11.6 Å². The van der Waals surface area contributed by atoms with E-state index in [0.717, 1.165) is 5.56 Å². The Balaban J connectivity index is 1.93. The van der Waals surface area contributed by atoms with Gasteiger partial charge in [0.15, 0.2) is 5.96 Å². The van der Waals surface area contributed by atoms with Gasteiger partial charge in [0.25, 0.3) is 0 Å². The number of aromatic nitrogens is 1. The van der Waals surface area contributed by atoms with E-state index in [-0.39, 0.29) is 11.9 Å². The topological polar surface area (TPSA) is 67.8 Å². The molecule has 0 amide bonds. The lowest BCUT2D eigenvalue weighted by molar-refractivity contribution is 0.179. The number of aliphatic imine (C=N–C) groups is 1. The van der Waals surface area contributed by atoms with Crippen LogP contribution in [0, 0.1) is 5.82 Å². The van der Waals surface area contributed by atoms with Crippen LogP contribution < -0.4 is 15.4 Å². The quantitative estimate of drug-likeness (QED) is 0.596. The number of methoxy groups -OCH3 is 1. The van der Waals surface area contributed by atoms with Crippen molar-refractivity contribution in [2.24, 2.45) is 4.99 Å². The Labute approximate surface area is 147 Å². The van der Waals surface area contributed by atoms with Gasteiger partial charge in [0.05, 0.1) is 6.61 Å². The average Bonchev–Trinajstić information content (AvgIpc) is 2.61. The summed E-state index contributed by atoms with van der Waals surface area (Å²) < 4.78 is 23.7. The Morgan fingerprint density at radius 2 is 2.04 bits per heavy atom. The summed E-state index contributed by atoms with van der Waals surface area (Å²) in [6, 6.07) is 9.66. The van der Waals surface area contributed by atoms with E-state index in [9.17, 15) is 4.39 Å². The molecule has 1 aromatic heterocycles. The largest absolute Gasteiger partial charge is 0.439 e. The fourth-order valence-electron chi connectivity index (χ4n) is 2.15. The van der Waals surface area contributed by atoms with E-state index in [1.165, 1.54) is 12.1 Å². The van der Waals surface area contributed by atoms with Crippen molar-refractivity contribution in [3.05, 3.63) is 54.0 Å². The van der Waals surface area contributed by atoms with Crippen molar-refractivity contribution >= 4 is 5.96 Å². The number of rotatable bonds is 7. The van der Waals surface area contributed by atoms with Gasteiger partial charge in [-0.15, -0.1) is 0 Å². The summed E-state index contributed by atoms with van der Waals surface area (Å²) in [5.41, 5.74) is 0.981. The van der Waals surface area contributed by atoms with Gasteiger partial charge in [-0.3, -0.25) is 4.99 Å². The molecule has 1 aromatic carbocycles. The molecular formula is C18H23FN4O2. The molecule has 0 fully saturated rings. The lowest BCUT2D eigenvalue weighted by atomic mass is 10.2. The highest BCUT2D eigenvalue weighted by Gasteiger charge is 2.06. The Morgan fingerprint density at radius 1 is 1.28 bits per heavy atom. The zero-order valence-electron chi connectivity index (χ0n) is 14.6. The highest BCUT2D eigenvalue weighted by Crippen LogP contribution is 2.20.